The van der Waals surface area contributed by atoms with Crippen LogP contribution in [0, 0.1) is 0 Å². The van der Waals surface area contributed by atoms with Gasteiger partial charge in [-0.25, -0.2) is 4.79 Å². The molecule has 0 spiro atoms. The number of urea groups is 1. The van der Waals surface area contributed by atoms with Crippen LogP contribution in [0.5, 0.6) is 0 Å². The van der Waals surface area contributed by atoms with Gasteiger partial charge in [0.05, 0.1) is 0 Å². The molecule has 2 heterocycles. The van der Waals surface area contributed by atoms with Crippen molar-refractivity contribution < 1.29 is 4.79 Å². The lowest BCUT2D eigenvalue weighted by atomic mass is 10.1. The van der Waals surface area contributed by atoms with Crippen LogP contribution in [0.2, 0.25) is 0 Å². The van der Waals surface area contributed by atoms with Crippen molar-refractivity contribution in [2.45, 2.75) is 13.3 Å². The summed E-state index contributed by atoms with van der Waals surface area (Å²) in [6.07, 6.45) is 2.49. The minimum absolute atomic E-state index is 0.0654. The van der Waals surface area contributed by atoms with Crippen molar-refractivity contribution in [3.05, 3.63) is 52.4 Å². The van der Waals surface area contributed by atoms with Crippen molar-refractivity contribution in [3.8, 4) is 0 Å². The first-order valence-electron chi connectivity index (χ1n) is 7.29. The zero-order chi connectivity index (χ0) is 16.4. The lowest BCUT2D eigenvalue weighted by Gasteiger charge is -2.07. The Bertz CT molecular complexity index is 926. The maximum Gasteiger partial charge on any atom is 0.324 e. The number of nitrogens with one attached hydrogen (secondary N) is 3. The van der Waals surface area contributed by atoms with E-state index >= 15 is 0 Å². The Morgan fingerprint density at radius 1 is 1.26 bits per heavy atom. The molecule has 0 saturated carbocycles. The number of hydrogen-bond donors (Lipinski definition) is 3. The van der Waals surface area contributed by atoms with Crippen LogP contribution < -0.4 is 16.1 Å². The number of fused-ring (bicyclic) bond motifs is 1. The molecular formula is C16H17N5O2. The van der Waals surface area contributed by atoms with Gasteiger partial charge in [0.2, 0.25) is 0 Å². The van der Waals surface area contributed by atoms with Gasteiger partial charge in [0, 0.05) is 47.7 Å². The minimum atomic E-state index is -0.412. The van der Waals surface area contributed by atoms with Crippen LogP contribution in [0.25, 0.3) is 10.9 Å². The largest absolute Gasteiger partial charge is 0.358 e. The number of hydrogen-bond acceptors (Lipinski definition) is 3. The third-order valence-corrected chi connectivity index (χ3v) is 3.48. The van der Waals surface area contributed by atoms with Crippen LogP contribution >= 0.6 is 0 Å². The van der Waals surface area contributed by atoms with Crippen molar-refractivity contribution in [3.63, 3.8) is 0 Å². The predicted octanol–water partition coefficient (Wildman–Crippen LogP) is 2.47. The number of pyridine rings is 1. The van der Waals surface area contributed by atoms with Gasteiger partial charge in [-0.05, 0) is 24.6 Å². The van der Waals surface area contributed by atoms with E-state index in [2.05, 4.69) is 20.7 Å². The normalized spacial score (nSPS) is 10.7. The number of benzene rings is 1. The zero-order valence-corrected chi connectivity index (χ0v) is 12.9. The second-order valence-corrected chi connectivity index (χ2v) is 5.23. The van der Waals surface area contributed by atoms with Crippen molar-refractivity contribution in [2.75, 3.05) is 10.6 Å². The quantitative estimate of drug-likeness (QED) is 0.694. The Morgan fingerprint density at radius 3 is 2.78 bits per heavy atom. The maximum absolute atomic E-state index is 12.1. The summed E-state index contributed by atoms with van der Waals surface area (Å²) in [6, 6.07) is 8.05. The molecule has 0 radical (unpaired) electrons. The average Bonchev–Trinajstić information content (AvgIpc) is 2.92. The molecule has 3 N–H and O–H groups in total. The molecule has 0 aliphatic carbocycles. The van der Waals surface area contributed by atoms with Crippen molar-refractivity contribution in [2.24, 2.45) is 7.05 Å². The molecule has 3 rings (SSSR count). The number of anilines is 2. The van der Waals surface area contributed by atoms with Crippen LogP contribution in [0.1, 0.15) is 12.6 Å². The summed E-state index contributed by atoms with van der Waals surface area (Å²) in [5.41, 5.74) is 2.12. The Hall–Kier alpha value is -3.09. The Balaban J connectivity index is 1.81. The van der Waals surface area contributed by atoms with Crippen molar-refractivity contribution >= 4 is 28.4 Å². The van der Waals surface area contributed by atoms with E-state index in [0.29, 0.717) is 16.9 Å². The summed E-state index contributed by atoms with van der Waals surface area (Å²) >= 11 is 0. The molecular weight excluding hydrogens is 294 g/mol. The fourth-order valence-corrected chi connectivity index (χ4v) is 2.33. The number of rotatable bonds is 3. The highest BCUT2D eigenvalue weighted by Crippen LogP contribution is 2.16. The molecule has 0 aliphatic rings. The highest BCUT2D eigenvalue weighted by molar-refractivity contribution is 6.00. The molecule has 0 fully saturated rings. The summed E-state index contributed by atoms with van der Waals surface area (Å²) < 4.78 is 1.59. The number of aryl methyl sites for hydroxylation is 2. The first-order valence-corrected chi connectivity index (χ1v) is 7.29. The molecule has 1 aromatic carbocycles. The van der Waals surface area contributed by atoms with E-state index in [1.807, 2.05) is 6.92 Å². The van der Waals surface area contributed by atoms with Crippen LogP contribution in [-0.4, -0.2) is 20.8 Å². The van der Waals surface area contributed by atoms with E-state index in [9.17, 15) is 9.59 Å². The first kappa shape index (κ1) is 14.8. The van der Waals surface area contributed by atoms with Crippen molar-refractivity contribution in [1.29, 1.82) is 0 Å². The molecule has 0 aliphatic heterocycles. The van der Waals surface area contributed by atoms with Gasteiger partial charge in [-0.15, -0.1) is 0 Å². The predicted molar refractivity (Wildman–Crippen MR) is 89.8 cm³/mol. The lowest BCUT2D eigenvalue weighted by molar-refractivity contribution is 0.262. The number of carbonyl (C=O) groups is 1. The van der Waals surface area contributed by atoms with Gasteiger partial charge >= 0.3 is 6.03 Å². The summed E-state index contributed by atoms with van der Waals surface area (Å²) in [6.45, 7) is 1.98. The average molecular weight is 311 g/mol. The SMILES string of the molecule is CCc1cc(=O)c2cc(NC(=O)Nc3ccn(C)n3)ccc2[nH]1. The number of aromatic nitrogens is 3. The molecule has 118 valence electrons. The van der Waals surface area contributed by atoms with Gasteiger partial charge < -0.3 is 10.3 Å². The number of amides is 2. The second kappa shape index (κ2) is 5.96. The highest BCUT2D eigenvalue weighted by atomic mass is 16.2. The Labute approximate surface area is 132 Å². The summed E-state index contributed by atoms with van der Waals surface area (Å²) in [5.74, 6) is 0.455. The van der Waals surface area contributed by atoms with Gasteiger partial charge in [0.15, 0.2) is 11.2 Å². The van der Waals surface area contributed by atoms with Crippen LogP contribution in [-0.2, 0) is 13.5 Å². The van der Waals surface area contributed by atoms with E-state index < -0.39 is 6.03 Å². The molecule has 0 unspecified atom stereocenters. The third-order valence-electron chi connectivity index (χ3n) is 3.48. The van der Waals surface area contributed by atoms with E-state index in [0.717, 1.165) is 17.6 Å². The zero-order valence-electron chi connectivity index (χ0n) is 12.9. The van der Waals surface area contributed by atoms with E-state index in [1.165, 1.54) is 0 Å². The molecule has 3 aromatic rings. The first-order chi connectivity index (χ1) is 11.0. The summed E-state index contributed by atoms with van der Waals surface area (Å²) in [4.78, 5) is 27.3. The van der Waals surface area contributed by atoms with Crippen LogP contribution in [0.3, 0.4) is 0 Å². The molecule has 2 amide bonds. The number of carbonyl (C=O) groups excluding carboxylic acids is 1. The monoisotopic (exact) mass is 311 g/mol. The van der Waals surface area contributed by atoms with Gasteiger partial charge in [-0.2, -0.15) is 5.10 Å². The molecule has 7 heteroatoms. The van der Waals surface area contributed by atoms with Gasteiger partial charge in [0.1, 0.15) is 0 Å². The van der Waals surface area contributed by atoms with Crippen LogP contribution in [0.4, 0.5) is 16.3 Å². The fourth-order valence-electron chi connectivity index (χ4n) is 2.33. The van der Waals surface area contributed by atoms with Gasteiger partial charge in [-0.1, -0.05) is 6.92 Å². The molecule has 7 nitrogen and oxygen atoms in total. The van der Waals surface area contributed by atoms with Gasteiger partial charge in [0.25, 0.3) is 0 Å². The standard InChI is InChI=1S/C16H17N5O2/c1-3-10-9-14(22)12-8-11(4-5-13(12)17-10)18-16(23)19-15-6-7-21(2)20-15/h4-9H,3H2,1-2H3,(H,17,22)(H2,18,19,20,23). The number of H-pyrrole nitrogens is 1. The number of nitrogens with zero attached hydrogens (tertiary/aromatic N) is 2. The summed E-state index contributed by atoms with van der Waals surface area (Å²) in [5, 5.41) is 9.92. The highest BCUT2D eigenvalue weighted by Gasteiger charge is 2.07. The molecule has 23 heavy (non-hydrogen) atoms. The van der Waals surface area contributed by atoms with Crippen molar-refractivity contribution in [1.82, 2.24) is 14.8 Å². The molecule has 2 aromatic heterocycles. The van der Waals surface area contributed by atoms with E-state index in [4.69, 9.17) is 0 Å². The van der Waals surface area contributed by atoms with Gasteiger partial charge in [-0.3, -0.25) is 14.8 Å². The van der Waals surface area contributed by atoms with E-state index in [-0.39, 0.29) is 5.43 Å². The number of aromatic amines is 1. The Kier molecular flexibility index (Phi) is 3.84. The second-order valence-electron chi connectivity index (χ2n) is 5.23. The molecule has 0 saturated heterocycles. The van der Waals surface area contributed by atoms with Crippen LogP contribution in [0.15, 0.2) is 41.3 Å². The summed E-state index contributed by atoms with van der Waals surface area (Å²) in [7, 11) is 1.77. The smallest absolute Gasteiger partial charge is 0.324 e. The van der Waals surface area contributed by atoms with E-state index in [1.54, 1.807) is 48.3 Å². The third kappa shape index (κ3) is 3.23. The minimum Gasteiger partial charge on any atom is -0.358 e. The topological polar surface area (TPSA) is 91.8 Å². The maximum atomic E-state index is 12.1. The fraction of sp³-hybridized carbons (Fsp3) is 0.188. The lowest BCUT2D eigenvalue weighted by Crippen LogP contribution is -2.20. The molecule has 0 atom stereocenters. The Morgan fingerprint density at radius 2 is 2.09 bits per heavy atom. The molecule has 0 bridgehead atoms.